The summed E-state index contributed by atoms with van der Waals surface area (Å²) in [7, 11) is 0. The Morgan fingerprint density at radius 3 is 2.69 bits per heavy atom. The van der Waals surface area contributed by atoms with Gasteiger partial charge in [0.2, 0.25) is 0 Å². The van der Waals surface area contributed by atoms with Crippen molar-refractivity contribution in [2.45, 2.75) is 24.8 Å². The van der Waals surface area contributed by atoms with Crippen molar-refractivity contribution in [1.82, 2.24) is 24.6 Å². The quantitative estimate of drug-likeness (QED) is 0.496. The van der Waals surface area contributed by atoms with Crippen LogP contribution in [0.25, 0.3) is 16.6 Å². The number of benzene rings is 2. The minimum Gasteiger partial charge on any atom is -0.377 e. The molecular weight excluding hydrogens is 402 g/mol. The SMILES string of the molecule is O=C(c1cc(C2CC2)nc2ccccc12)N1CCOCC1c1ncnn1-c1ccccc1. The maximum atomic E-state index is 13.9. The van der Waals surface area contributed by atoms with Crippen LogP contribution >= 0.6 is 0 Å². The number of morpholine rings is 1. The van der Waals surface area contributed by atoms with Crippen molar-refractivity contribution in [3.05, 3.63) is 84.1 Å². The zero-order valence-electron chi connectivity index (χ0n) is 17.6. The number of carbonyl (C=O) groups is 1. The van der Waals surface area contributed by atoms with Crippen LogP contribution in [0.5, 0.6) is 0 Å². The molecule has 32 heavy (non-hydrogen) atoms. The van der Waals surface area contributed by atoms with Gasteiger partial charge in [0.15, 0.2) is 5.82 Å². The second kappa shape index (κ2) is 7.84. The van der Waals surface area contributed by atoms with E-state index in [4.69, 9.17) is 9.72 Å². The Morgan fingerprint density at radius 2 is 1.84 bits per heavy atom. The summed E-state index contributed by atoms with van der Waals surface area (Å²) in [6, 6.07) is 19.4. The molecule has 2 aliphatic rings. The highest BCUT2D eigenvalue weighted by molar-refractivity contribution is 6.06. The van der Waals surface area contributed by atoms with E-state index in [1.165, 1.54) is 6.33 Å². The molecule has 1 saturated carbocycles. The average Bonchev–Trinajstić information content (AvgIpc) is 3.60. The van der Waals surface area contributed by atoms with E-state index in [2.05, 4.69) is 10.1 Å². The van der Waals surface area contributed by atoms with Crippen LogP contribution in [0.2, 0.25) is 0 Å². The van der Waals surface area contributed by atoms with Gasteiger partial charge in [-0.05, 0) is 37.1 Å². The molecule has 2 aromatic heterocycles. The summed E-state index contributed by atoms with van der Waals surface area (Å²) in [6.07, 6.45) is 3.81. The molecule has 0 spiro atoms. The first-order valence-corrected chi connectivity index (χ1v) is 11.0. The van der Waals surface area contributed by atoms with Gasteiger partial charge in [0.1, 0.15) is 12.4 Å². The molecule has 7 nitrogen and oxygen atoms in total. The molecule has 0 radical (unpaired) electrons. The first kappa shape index (κ1) is 19.1. The number of amides is 1. The van der Waals surface area contributed by atoms with Crippen molar-refractivity contribution in [2.75, 3.05) is 19.8 Å². The van der Waals surface area contributed by atoms with Gasteiger partial charge in [-0.1, -0.05) is 36.4 Å². The van der Waals surface area contributed by atoms with Crippen molar-refractivity contribution in [2.24, 2.45) is 0 Å². The fourth-order valence-corrected chi connectivity index (χ4v) is 4.42. The number of carbonyl (C=O) groups excluding carboxylic acids is 1. The Hall–Kier alpha value is -3.58. The fourth-order valence-electron chi connectivity index (χ4n) is 4.42. The molecule has 2 fully saturated rings. The van der Waals surface area contributed by atoms with Crippen molar-refractivity contribution < 1.29 is 9.53 Å². The van der Waals surface area contributed by atoms with Gasteiger partial charge in [0, 0.05) is 23.5 Å². The minimum absolute atomic E-state index is 0.0126. The Bertz CT molecular complexity index is 1280. The molecular formula is C25H23N5O2. The Balaban J connectivity index is 1.42. The summed E-state index contributed by atoms with van der Waals surface area (Å²) in [6.45, 7) is 1.39. The number of para-hydroxylation sites is 2. The summed E-state index contributed by atoms with van der Waals surface area (Å²) in [5.74, 6) is 1.15. The molecule has 1 aliphatic carbocycles. The molecule has 1 aliphatic heterocycles. The molecule has 0 N–H and O–H groups in total. The van der Waals surface area contributed by atoms with Crippen LogP contribution < -0.4 is 0 Å². The molecule has 2 aromatic carbocycles. The van der Waals surface area contributed by atoms with E-state index < -0.39 is 0 Å². The standard InChI is InChI=1S/C25H23N5O2/c31-25(20-14-22(17-10-11-17)28-21-9-5-4-8-19(20)21)29-12-13-32-15-23(29)24-26-16-27-30(24)18-6-2-1-3-7-18/h1-9,14,16-17,23H,10-13,15H2. The van der Waals surface area contributed by atoms with E-state index >= 15 is 0 Å². The lowest BCUT2D eigenvalue weighted by atomic mass is 10.0. The van der Waals surface area contributed by atoms with Crippen LogP contribution in [0.1, 0.15) is 46.7 Å². The maximum absolute atomic E-state index is 13.9. The molecule has 3 heterocycles. The van der Waals surface area contributed by atoms with E-state index in [1.807, 2.05) is 65.6 Å². The summed E-state index contributed by atoms with van der Waals surface area (Å²) in [5, 5.41) is 5.31. The predicted octanol–water partition coefficient (Wildman–Crippen LogP) is 3.91. The summed E-state index contributed by atoms with van der Waals surface area (Å²) < 4.78 is 7.58. The first-order chi connectivity index (χ1) is 15.8. The Kier molecular flexibility index (Phi) is 4.69. The highest BCUT2D eigenvalue weighted by Crippen LogP contribution is 2.40. The second-order valence-corrected chi connectivity index (χ2v) is 8.34. The molecule has 1 atom stereocenters. The Morgan fingerprint density at radius 1 is 1.03 bits per heavy atom. The molecule has 0 bridgehead atoms. The number of fused-ring (bicyclic) bond motifs is 1. The zero-order chi connectivity index (χ0) is 21.5. The average molecular weight is 425 g/mol. The van der Waals surface area contributed by atoms with Gasteiger partial charge in [-0.15, -0.1) is 0 Å². The molecule has 1 saturated heterocycles. The third-order valence-corrected chi connectivity index (χ3v) is 6.22. The smallest absolute Gasteiger partial charge is 0.255 e. The van der Waals surface area contributed by atoms with Crippen LogP contribution in [0.15, 0.2) is 67.0 Å². The van der Waals surface area contributed by atoms with Crippen LogP contribution in [0, 0.1) is 0 Å². The first-order valence-electron chi connectivity index (χ1n) is 11.0. The molecule has 4 aromatic rings. The zero-order valence-corrected chi connectivity index (χ0v) is 17.6. The van der Waals surface area contributed by atoms with Gasteiger partial charge in [0.05, 0.1) is 30.0 Å². The highest BCUT2D eigenvalue weighted by Gasteiger charge is 2.35. The number of ether oxygens (including phenoxy) is 1. The van der Waals surface area contributed by atoms with Gasteiger partial charge in [-0.2, -0.15) is 5.10 Å². The van der Waals surface area contributed by atoms with Crippen LogP contribution in [0.3, 0.4) is 0 Å². The number of aromatic nitrogens is 4. The minimum atomic E-state index is -0.324. The lowest BCUT2D eigenvalue weighted by molar-refractivity contribution is -0.00569. The van der Waals surface area contributed by atoms with E-state index in [1.54, 1.807) is 4.68 Å². The largest absolute Gasteiger partial charge is 0.377 e. The number of nitrogens with zero attached hydrogens (tertiary/aromatic N) is 5. The number of hydrogen-bond acceptors (Lipinski definition) is 5. The van der Waals surface area contributed by atoms with Crippen LogP contribution in [0.4, 0.5) is 0 Å². The highest BCUT2D eigenvalue weighted by atomic mass is 16.5. The van der Waals surface area contributed by atoms with Crippen molar-refractivity contribution in [3.8, 4) is 5.69 Å². The topological polar surface area (TPSA) is 73.1 Å². The molecule has 7 heteroatoms. The van der Waals surface area contributed by atoms with Gasteiger partial charge in [0.25, 0.3) is 5.91 Å². The number of pyridine rings is 1. The fraction of sp³-hybridized carbons (Fsp3) is 0.280. The van der Waals surface area contributed by atoms with Crippen molar-refractivity contribution >= 4 is 16.8 Å². The summed E-state index contributed by atoms with van der Waals surface area (Å²) in [5.41, 5.74) is 3.50. The van der Waals surface area contributed by atoms with Gasteiger partial charge in [-0.3, -0.25) is 9.78 Å². The Labute approximate surface area is 185 Å². The molecule has 1 unspecified atom stereocenters. The third-order valence-electron chi connectivity index (χ3n) is 6.22. The van der Waals surface area contributed by atoms with E-state index in [9.17, 15) is 4.79 Å². The second-order valence-electron chi connectivity index (χ2n) is 8.34. The van der Waals surface area contributed by atoms with Crippen LogP contribution in [-0.4, -0.2) is 50.3 Å². The number of hydrogen-bond donors (Lipinski definition) is 0. The molecule has 1 amide bonds. The van der Waals surface area contributed by atoms with Gasteiger partial charge < -0.3 is 9.64 Å². The monoisotopic (exact) mass is 425 g/mol. The van der Waals surface area contributed by atoms with Crippen LogP contribution in [-0.2, 0) is 4.74 Å². The van der Waals surface area contributed by atoms with Crippen molar-refractivity contribution in [1.29, 1.82) is 0 Å². The molecule has 160 valence electrons. The molecule has 6 rings (SSSR count). The van der Waals surface area contributed by atoms with Gasteiger partial charge in [-0.25, -0.2) is 9.67 Å². The van der Waals surface area contributed by atoms with Gasteiger partial charge >= 0.3 is 0 Å². The summed E-state index contributed by atoms with van der Waals surface area (Å²) >= 11 is 0. The summed E-state index contributed by atoms with van der Waals surface area (Å²) in [4.78, 5) is 25.2. The van der Waals surface area contributed by atoms with E-state index in [-0.39, 0.29) is 11.9 Å². The lowest BCUT2D eigenvalue weighted by Gasteiger charge is -2.35. The van der Waals surface area contributed by atoms with Crippen molar-refractivity contribution in [3.63, 3.8) is 0 Å². The van der Waals surface area contributed by atoms with E-state index in [0.717, 1.165) is 35.1 Å². The normalized spacial score (nSPS) is 18.8. The number of rotatable bonds is 4. The predicted molar refractivity (Wildman–Crippen MR) is 120 cm³/mol. The lowest BCUT2D eigenvalue weighted by Crippen LogP contribution is -2.44. The third kappa shape index (κ3) is 3.35. The maximum Gasteiger partial charge on any atom is 0.255 e. The van der Waals surface area contributed by atoms with E-state index in [0.29, 0.717) is 37.1 Å².